The summed E-state index contributed by atoms with van der Waals surface area (Å²) in [6, 6.07) is 5.51. The number of allylic oxidation sites excluding steroid dienone is 4. The van der Waals surface area contributed by atoms with Crippen molar-refractivity contribution in [3.63, 3.8) is 0 Å². The van der Waals surface area contributed by atoms with Crippen LogP contribution in [0.1, 0.15) is 12.6 Å². The van der Waals surface area contributed by atoms with Crippen LogP contribution < -0.4 is 15.4 Å². The predicted octanol–water partition coefficient (Wildman–Crippen LogP) is 3.61. The van der Waals surface area contributed by atoms with Crippen LogP contribution in [0, 0.1) is 0 Å². The number of hydrogen-bond donors (Lipinski definition) is 3. The number of aliphatic hydroxyl groups is 1. The zero-order valence-corrected chi connectivity index (χ0v) is 26.2. The molecule has 0 amide bonds. The number of ether oxygens (including phenoxy) is 6. The van der Waals surface area contributed by atoms with E-state index in [4.69, 9.17) is 39.3 Å². The molecule has 0 saturated heterocycles. The number of nitrogen functional groups attached to an aromatic ring is 1. The molecule has 4 heterocycles. The number of fused-ring (bicyclic) bond motifs is 1. The Bertz CT molecular complexity index is 1520. The zero-order chi connectivity index (χ0) is 33.4. The fourth-order valence-corrected chi connectivity index (χ4v) is 4.31. The van der Waals surface area contributed by atoms with Crippen LogP contribution in [0.15, 0.2) is 67.4 Å². The summed E-state index contributed by atoms with van der Waals surface area (Å²) in [6.45, 7) is 8.88. The summed E-state index contributed by atoms with van der Waals surface area (Å²) in [7, 11) is 0. The lowest BCUT2D eigenvalue weighted by Crippen LogP contribution is -2.15. The van der Waals surface area contributed by atoms with Gasteiger partial charge in [0.25, 0.3) is 0 Å². The highest BCUT2D eigenvalue weighted by Gasteiger charge is 2.35. The molecule has 0 atom stereocenters. The van der Waals surface area contributed by atoms with Gasteiger partial charge in [0.1, 0.15) is 19.0 Å². The Labute approximate surface area is 272 Å². The average Bonchev–Trinajstić information content (AvgIpc) is 3.55. The van der Waals surface area contributed by atoms with E-state index in [9.17, 15) is 9.90 Å². The van der Waals surface area contributed by atoms with Crippen LogP contribution in [0.25, 0.3) is 11.3 Å². The molecule has 4 rings (SSSR count). The van der Waals surface area contributed by atoms with Crippen LogP contribution in [-0.2, 0) is 28.5 Å². The molecule has 4 N–H and O–H groups in total. The number of rotatable bonds is 23. The van der Waals surface area contributed by atoms with Crippen molar-refractivity contribution in [2.75, 3.05) is 83.3 Å². The Morgan fingerprint density at radius 1 is 0.872 bits per heavy atom. The molecule has 1 aliphatic heterocycles. The van der Waals surface area contributed by atoms with Crippen LogP contribution in [0.3, 0.4) is 0 Å². The molecular weight excluding hydrogens is 612 g/mol. The molecule has 47 heavy (non-hydrogen) atoms. The van der Waals surface area contributed by atoms with E-state index in [-0.39, 0.29) is 24.8 Å². The second kappa shape index (κ2) is 18.4. The normalized spacial score (nSPS) is 12.7. The molecule has 15 nitrogen and oxygen atoms in total. The lowest BCUT2D eigenvalue weighted by molar-refractivity contribution is -0.142. The van der Waals surface area contributed by atoms with Gasteiger partial charge in [-0.2, -0.15) is 0 Å². The number of carboxylic acid groups (broad SMARTS) is 1. The highest BCUT2D eigenvalue weighted by atomic mass is 16.6. The van der Waals surface area contributed by atoms with Gasteiger partial charge >= 0.3 is 5.97 Å². The van der Waals surface area contributed by atoms with Crippen molar-refractivity contribution in [2.45, 2.75) is 6.92 Å². The SMILES string of the molecule is C=C/C=C(\C(O)=C/C)c1cc(N2c3cn(-c4ccnc(OCCOCCOCCOCCOCCOCC(=O)O)c4)cc32)c(N)nn1. The molecule has 3 aromatic rings. The minimum Gasteiger partial charge on any atom is -0.508 e. The van der Waals surface area contributed by atoms with E-state index in [1.54, 1.807) is 37.4 Å². The van der Waals surface area contributed by atoms with Crippen LogP contribution in [0.2, 0.25) is 0 Å². The summed E-state index contributed by atoms with van der Waals surface area (Å²) in [5, 5.41) is 27.0. The molecule has 0 radical (unpaired) electrons. The van der Waals surface area contributed by atoms with Crippen molar-refractivity contribution in [3.05, 3.63) is 73.0 Å². The summed E-state index contributed by atoms with van der Waals surface area (Å²) in [4.78, 5) is 16.6. The molecule has 0 fully saturated rings. The van der Waals surface area contributed by atoms with E-state index in [2.05, 4.69) is 21.8 Å². The van der Waals surface area contributed by atoms with E-state index in [0.29, 0.717) is 82.3 Å². The number of nitrogens with two attached hydrogens (primary N) is 1. The molecular formula is C32H40N6O9. The highest BCUT2D eigenvalue weighted by molar-refractivity contribution is 6.03. The fraction of sp³-hybridized carbons (Fsp3) is 0.375. The largest absolute Gasteiger partial charge is 0.508 e. The second-order valence-electron chi connectivity index (χ2n) is 9.86. The van der Waals surface area contributed by atoms with Gasteiger partial charge in [0.05, 0.1) is 87.9 Å². The van der Waals surface area contributed by atoms with Crippen molar-refractivity contribution >= 4 is 34.4 Å². The Morgan fingerprint density at radius 2 is 1.47 bits per heavy atom. The molecule has 15 heteroatoms. The molecule has 0 unspecified atom stereocenters. The van der Waals surface area contributed by atoms with Crippen molar-refractivity contribution in [2.24, 2.45) is 0 Å². The summed E-state index contributed by atoms with van der Waals surface area (Å²) in [5.41, 5.74) is 10.6. The lowest BCUT2D eigenvalue weighted by atomic mass is 10.1. The van der Waals surface area contributed by atoms with Gasteiger partial charge in [0.15, 0.2) is 5.82 Å². The maximum atomic E-state index is 10.3. The first-order valence-corrected chi connectivity index (χ1v) is 15.0. The number of nitrogens with zero attached hydrogens (tertiary/aromatic N) is 5. The van der Waals surface area contributed by atoms with Gasteiger partial charge in [-0.1, -0.05) is 12.7 Å². The van der Waals surface area contributed by atoms with E-state index in [1.807, 2.05) is 34.0 Å². The van der Waals surface area contributed by atoms with Crippen molar-refractivity contribution in [3.8, 4) is 11.6 Å². The van der Waals surface area contributed by atoms with E-state index in [0.717, 1.165) is 17.1 Å². The molecule has 0 bridgehead atoms. The first kappa shape index (κ1) is 35.1. The maximum Gasteiger partial charge on any atom is 0.329 e. The van der Waals surface area contributed by atoms with Gasteiger partial charge in [-0.15, -0.1) is 10.2 Å². The van der Waals surface area contributed by atoms with Gasteiger partial charge < -0.3 is 48.9 Å². The van der Waals surface area contributed by atoms with Gasteiger partial charge in [-0.05, 0) is 31.2 Å². The Morgan fingerprint density at radius 3 is 2.04 bits per heavy atom. The Balaban J connectivity index is 1.11. The molecule has 3 aromatic heterocycles. The molecule has 0 aliphatic carbocycles. The smallest absolute Gasteiger partial charge is 0.329 e. The first-order chi connectivity index (χ1) is 22.9. The number of carbonyl (C=O) groups is 1. The molecule has 0 saturated carbocycles. The summed E-state index contributed by atoms with van der Waals surface area (Å²) < 4.78 is 34.3. The van der Waals surface area contributed by atoms with Gasteiger partial charge in [-0.3, -0.25) is 4.90 Å². The van der Waals surface area contributed by atoms with E-state index >= 15 is 0 Å². The van der Waals surface area contributed by atoms with Crippen LogP contribution in [0.4, 0.5) is 22.9 Å². The molecule has 0 aromatic carbocycles. The van der Waals surface area contributed by atoms with Crippen LogP contribution in [0.5, 0.6) is 5.88 Å². The number of pyridine rings is 1. The van der Waals surface area contributed by atoms with Gasteiger partial charge in [0, 0.05) is 30.2 Å². The molecule has 252 valence electrons. The van der Waals surface area contributed by atoms with Crippen molar-refractivity contribution in [1.29, 1.82) is 0 Å². The monoisotopic (exact) mass is 652 g/mol. The van der Waals surface area contributed by atoms with E-state index in [1.165, 1.54) is 0 Å². The number of aromatic nitrogens is 4. The molecule has 0 spiro atoms. The lowest BCUT2D eigenvalue weighted by Gasteiger charge is -2.12. The Hall–Kier alpha value is -4.80. The number of aliphatic hydroxyl groups excluding tert-OH is 1. The van der Waals surface area contributed by atoms with Crippen LogP contribution >= 0.6 is 0 Å². The summed E-state index contributed by atoms with van der Waals surface area (Å²) >= 11 is 0. The summed E-state index contributed by atoms with van der Waals surface area (Å²) in [6.07, 6.45) is 10.5. The predicted molar refractivity (Wildman–Crippen MR) is 174 cm³/mol. The van der Waals surface area contributed by atoms with Gasteiger partial charge in [-0.25, -0.2) is 9.78 Å². The highest BCUT2D eigenvalue weighted by Crippen LogP contribution is 2.56. The number of anilines is 4. The number of hydrogen-bond acceptors (Lipinski definition) is 13. The minimum atomic E-state index is -1.00. The topological polar surface area (TPSA) is 186 Å². The average molecular weight is 653 g/mol. The number of aliphatic carboxylic acids is 1. The third kappa shape index (κ3) is 10.6. The quantitative estimate of drug-likeness (QED) is 0.0457. The van der Waals surface area contributed by atoms with Crippen LogP contribution in [-0.4, -0.2) is 109 Å². The third-order valence-corrected chi connectivity index (χ3v) is 6.58. The van der Waals surface area contributed by atoms with Gasteiger partial charge in [0.2, 0.25) is 5.88 Å². The fourth-order valence-electron chi connectivity index (χ4n) is 4.31. The molecule has 1 aliphatic rings. The zero-order valence-electron chi connectivity index (χ0n) is 26.2. The third-order valence-electron chi connectivity index (χ3n) is 6.58. The van der Waals surface area contributed by atoms with Crippen molar-refractivity contribution < 1.29 is 43.4 Å². The maximum absolute atomic E-state index is 10.3. The van der Waals surface area contributed by atoms with Crippen molar-refractivity contribution in [1.82, 2.24) is 19.7 Å². The minimum absolute atomic E-state index is 0.0697. The number of carboxylic acids is 1. The first-order valence-electron chi connectivity index (χ1n) is 15.0. The Kier molecular flexibility index (Phi) is 13.7. The summed E-state index contributed by atoms with van der Waals surface area (Å²) in [5.74, 6) is -0.187. The second-order valence-corrected chi connectivity index (χ2v) is 9.86. The van der Waals surface area contributed by atoms with E-state index < -0.39 is 5.97 Å². The standard InChI is InChI=1S/C32H40N6O9/c1-3-5-24(29(39)4-2)25-19-26(32(33)36-35-25)38-27-20-37(21-28(27)38)23-6-7-34-30(18-23)47-17-16-45-13-12-43-9-8-42-10-11-44-14-15-46-22-31(40)41/h3-7,18-21,39H,1,8-17,22H2,2H3,(H2,33,36)(H,40,41)/b24-5-,29-4+.